The van der Waals surface area contributed by atoms with Crippen molar-refractivity contribution in [2.24, 2.45) is 5.41 Å². The van der Waals surface area contributed by atoms with Crippen LogP contribution in [-0.4, -0.2) is 61.9 Å². The summed E-state index contributed by atoms with van der Waals surface area (Å²) in [6, 6.07) is 1.80. The number of carboxylic acid groups (broad SMARTS) is 1. The number of carboxylic acids is 1. The first-order valence-corrected chi connectivity index (χ1v) is 6.46. The van der Waals surface area contributed by atoms with Gasteiger partial charge in [-0.1, -0.05) is 0 Å². The Kier molecular flexibility index (Phi) is 4.08. The van der Waals surface area contributed by atoms with E-state index in [1.165, 1.54) is 7.11 Å². The van der Waals surface area contributed by atoms with E-state index in [0.717, 1.165) is 5.82 Å². The zero-order chi connectivity index (χ0) is 14.8. The number of ether oxygens (including phenoxy) is 1. The van der Waals surface area contributed by atoms with Crippen molar-refractivity contribution in [1.29, 1.82) is 0 Å². The molecule has 0 saturated carbocycles. The summed E-state index contributed by atoms with van der Waals surface area (Å²) in [5.74, 6) is 0.550. The maximum Gasteiger partial charge on any atom is 0.313 e. The number of carbonyl (C=O) groups is 1. The third kappa shape index (κ3) is 2.67. The first kappa shape index (κ1) is 14.5. The molecule has 1 saturated heterocycles. The molecule has 0 bridgehead atoms. The second-order valence-electron chi connectivity index (χ2n) is 5.30. The van der Waals surface area contributed by atoms with Crippen molar-refractivity contribution in [3.8, 4) is 0 Å². The van der Waals surface area contributed by atoms with Crippen molar-refractivity contribution in [2.75, 3.05) is 50.7 Å². The molecule has 1 aromatic heterocycles. The van der Waals surface area contributed by atoms with Gasteiger partial charge in [-0.05, 0) is 12.5 Å². The average Bonchev–Trinajstić information content (AvgIpc) is 2.85. The van der Waals surface area contributed by atoms with Gasteiger partial charge in [0.15, 0.2) is 0 Å². The Morgan fingerprint density at radius 2 is 2.35 bits per heavy atom. The van der Waals surface area contributed by atoms with Crippen molar-refractivity contribution >= 4 is 17.7 Å². The molecule has 1 aromatic rings. The summed E-state index contributed by atoms with van der Waals surface area (Å²) in [5.41, 5.74) is -0.849. The van der Waals surface area contributed by atoms with Crippen molar-refractivity contribution in [3.63, 3.8) is 0 Å². The van der Waals surface area contributed by atoms with Crippen LogP contribution in [0.3, 0.4) is 0 Å². The van der Waals surface area contributed by atoms with E-state index in [9.17, 15) is 9.90 Å². The van der Waals surface area contributed by atoms with Crippen molar-refractivity contribution in [3.05, 3.63) is 12.3 Å². The van der Waals surface area contributed by atoms with E-state index in [-0.39, 0.29) is 6.61 Å². The van der Waals surface area contributed by atoms with Gasteiger partial charge in [-0.25, -0.2) is 4.98 Å². The number of aromatic nitrogens is 2. The van der Waals surface area contributed by atoms with Gasteiger partial charge in [-0.2, -0.15) is 4.98 Å². The van der Waals surface area contributed by atoms with Gasteiger partial charge < -0.3 is 19.6 Å². The Bertz CT molecular complexity index is 494. The molecular formula is C13H20N4O3. The van der Waals surface area contributed by atoms with Crippen LogP contribution in [0.25, 0.3) is 0 Å². The summed E-state index contributed by atoms with van der Waals surface area (Å²) >= 11 is 0. The van der Waals surface area contributed by atoms with Gasteiger partial charge in [-0.15, -0.1) is 0 Å². The highest BCUT2D eigenvalue weighted by Crippen LogP contribution is 2.33. The van der Waals surface area contributed by atoms with Crippen LogP contribution in [0, 0.1) is 5.41 Å². The highest BCUT2D eigenvalue weighted by Gasteiger charge is 2.45. The molecule has 0 unspecified atom stereocenters. The first-order chi connectivity index (χ1) is 9.48. The molecule has 0 radical (unpaired) electrons. The van der Waals surface area contributed by atoms with E-state index >= 15 is 0 Å². The summed E-state index contributed by atoms with van der Waals surface area (Å²) < 4.78 is 5.09. The van der Waals surface area contributed by atoms with Crippen LogP contribution in [0.1, 0.15) is 6.42 Å². The Hall–Kier alpha value is -1.89. The van der Waals surface area contributed by atoms with Gasteiger partial charge in [-0.3, -0.25) is 4.79 Å². The van der Waals surface area contributed by atoms with Crippen LogP contribution in [-0.2, 0) is 9.53 Å². The van der Waals surface area contributed by atoms with Crippen molar-refractivity contribution in [2.45, 2.75) is 6.42 Å². The zero-order valence-corrected chi connectivity index (χ0v) is 12.0. The van der Waals surface area contributed by atoms with Gasteiger partial charge in [0.05, 0.1) is 6.61 Å². The maximum atomic E-state index is 11.5. The molecule has 110 valence electrons. The topological polar surface area (TPSA) is 78.8 Å². The minimum absolute atomic E-state index is 0.213. The van der Waals surface area contributed by atoms with Gasteiger partial charge >= 0.3 is 5.97 Å². The fourth-order valence-electron chi connectivity index (χ4n) is 2.43. The van der Waals surface area contributed by atoms with E-state index < -0.39 is 11.4 Å². The highest BCUT2D eigenvalue weighted by atomic mass is 16.5. The summed E-state index contributed by atoms with van der Waals surface area (Å²) in [6.45, 7) is 1.27. The Balaban J connectivity index is 2.20. The van der Waals surface area contributed by atoms with E-state index in [2.05, 4.69) is 9.97 Å². The van der Waals surface area contributed by atoms with Crippen LogP contribution in [0.4, 0.5) is 11.8 Å². The molecule has 0 aromatic carbocycles. The van der Waals surface area contributed by atoms with Crippen LogP contribution in [0.5, 0.6) is 0 Å². The fraction of sp³-hybridized carbons (Fsp3) is 0.615. The number of anilines is 2. The van der Waals surface area contributed by atoms with Gasteiger partial charge in [0.2, 0.25) is 5.95 Å². The lowest BCUT2D eigenvalue weighted by Crippen LogP contribution is -2.38. The van der Waals surface area contributed by atoms with Crippen molar-refractivity contribution in [1.82, 2.24) is 9.97 Å². The van der Waals surface area contributed by atoms with E-state index in [1.807, 2.05) is 23.9 Å². The summed E-state index contributed by atoms with van der Waals surface area (Å²) in [7, 11) is 5.27. The lowest BCUT2D eigenvalue weighted by molar-refractivity contribution is -0.150. The molecule has 7 heteroatoms. The second-order valence-corrected chi connectivity index (χ2v) is 5.30. The molecule has 7 nitrogen and oxygen atoms in total. The van der Waals surface area contributed by atoms with E-state index in [0.29, 0.717) is 25.5 Å². The van der Waals surface area contributed by atoms with E-state index in [4.69, 9.17) is 4.74 Å². The minimum Gasteiger partial charge on any atom is -0.481 e. The monoisotopic (exact) mass is 280 g/mol. The predicted molar refractivity (Wildman–Crippen MR) is 75.1 cm³/mol. The normalized spacial score (nSPS) is 22.1. The van der Waals surface area contributed by atoms with Crippen molar-refractivity contribution < 1.29 is 14.6 Å². The summed E-state index contributed by atoms with van der Waals surface area (Å²) in [5, 5.41) is 9.45. The molecule has 2 rings (SSSR count). The third-order valence-corrected chi connectivity index (χ3v) is 3.58. The number of hydrogen-bond donors (Lipinski definition) is 1. The first-order valence-electron chi connectivity index (χ1n) is 6.46. The molecule has 1 aliphatic heterocycles. The smallest absolute Gasteiger partial charge is 0.313 e. The van der Waals surface area contributed by atoms with Crippen LogP contribution >= 0.6 is 0 Å². The SMILES string of the molecule is COC[C@]1(C(=O)O)CCN(c2ccnc(N(C)C)n2)C1. The molecule has 2 heterocycles. The lowest BCUT2D eigenvalue weighted by atomic mass is 9.88. The van der Waals surface area contributed by atoms with Crippen LogP contribution in [0.2, 0.25) is 0 Å². The second kappa shape index (κ2) is 5.62. The molecule has 1 fully saturated rings. The summed E-state index contributed by atoms with van der Waals surface area (Å²) in [6.07, 6.45) is 2.24. The summed E-state index contributed by atoms with van der Waals surface area (Å²) in [4.78, 5) is 23.9. The molecule has 1 atom stereocenters. The molecular weight excluding hydrogens is 260 g/mol. The molecule has 20 heavy (non-hydrogen) atoms. The number of methoxy groups -OCH3 is 1. The predicted octanol–water partition coefficient (Wildman–Crippen LogP) is 0.470. The highest BCUT2D eigenvalue weighted by molar-refractivity contribution is 5.77. The quantitative estimate of drug-likeness (QED) is 0.840. The van der Waals surface area contributed by atoms with E-state index in [1.54, 1.807) is 12.3 Å². The number of hydrogen-bond acceptors (Lipinski definition) is 6. The average molecular weight is 280 g/mol. The molecule has 0 aliphatic carbocycles. The molecule has 1 aliphatic rings. The Labute approximate surface area is 118 Å². The fourth-order valence-corrected chi connectivity index (χ4v) is 2.43. The Morgan fingerprint density at radius 3 is 2.95 bits per heavy atom. The number of rotatable bonds is 5. The minimum atomic E-state index is -0.849. The van der Waals surface area contributed by atoms with Crippen LogP contribution < -0.4 is 9.80 Å². The van der Waals surface area contributed by atoms with Gasteiger partial charge in [0.25, 0.3) is 0 Å². The third-order valence-electron chi connectivity index (χ3n) is 3.58. The van der Waals surface area contributed by atoms with Gasteiger partial charge in [0, 0.05) is 40.5 Å². The number of nitrogens with zero attached hydrogens (tertiary/aromatic N) is 4. The molecule has 0 amide bonds. The maximum absolute atomic E-state index is 11.5. The molecule has 0 spiro atoms. The standard InChI is InChI=1S/C13H20N4O3/c1-16(2)12-14-6-4-10(15-12)17-7-5-13(8-17,9-20-3)11(18)19/h4,6H,5,7-9H2,1-3H3,(H,18,19)/t13-/m0/s1. The largest absolute Gasteiger partial charge is 0.481 e. The van der Waals surface area contributed by atoms with Crippen LogP contribution in [0.15, 0.2) is 12.3 Å². The Morgan fingerprint density at radius 1 is 1.60 bits per heavy atom. The lowest BCUT2D eigenvalue weighted by Gasteiger charge is -2.24. The number of aliphatic carboxylic acids is 1. The molecule has 1 N–H and O–H groups in total. The zero-order valence-electron chi connectivity index (χ0n) is 12.0. The van der Waals surface area contributed by atoms with Gasteiger partial charge in [0.1, 0.15) is 11.2 Å².